The second kappa shape index (κ2) is 3.98. The highest BCUT2D eigenvalue weighted by molar-refractivity contribution is 7.09. The van der Waals surface area contributed by atoms with Crippen molar-refractivity contribution in [3.63, 3.8) is 0 Å². The number of carbonyl (C=O) groups excluding carboxylic acids is 1. The maximum Gasteiger partial charge on any atom is 0.146 e. The highest BCUT2D eigenvalue weighted by atomic mass is 32.1. The van der Waals surface area contributed by atoms with Gasteiger partial charge in [-0.05, 0) is 13.0 Å². The zero-order valence-corrected chi connectivity index (χ0v) is 8.22. The van der Waals surface area contributed by atoms with E-state index in [4.69, 9.17) is 0 Å². The molecule has 0 radical (unpaired) electrons. The van der Waals surface area contributed by atoms with Gasteiger partial charge in [0.05, 0.1) is 12.1 Å². The van der Waals surface area contributed by atoms with Crippen LogP contribution >= 0.6 is 11.3 Å². The van der Waals surface area contributed by atoms with Crippen LogP contribution in [0.25, 0.3) is 0 Å². The van der Waals surface area contributed by atoms with Crippen LogP contribution in [0.3, 0.4) is 0 Å². The molecule has 1 aromatic rings. The normalized spacial score (nSPS) is 19.2. The summed E-state index contributed by atoms with van der Waals surface area (Å²) in [6.45, 7) is 2.55. The topological polar surface area (TPSA) is 33.2 Å². The highest BCUT2D eigenvalue weighted by Crippen LogP contribution is 2.13. The van der Waals surface area contributed by atoms with Crippen LogP contribution in [0, 0.1) is 0 Å². The first-order chi connectivity index (χ1) is 6.34. The highest BCUT2D eigenvalue weighted by Gasteiger charge is 2.16. The quantitative estimate of drug-likeness (QED) is 0.715. The Morgan fingerprint density at radius 3 is 3.23 bits per heavy atom. The molecule has 0 atom stereocenters. The molecule has 0 N–H and O–H groups in total. The number of nitrogens with zero attached hydrogens (tertiary/aromatic N) is 2. The van der Waals surface area contributed by atoms with E-state index in [0.717, 1.165) is 25.9 Å². The number of ketones is 1. The van der Waals surface area contributed by atoms with Gasteiger partial charge in [0, 0.05) is 24.0 Å². The van der Waals surface area contributed by atoms with E-state index >= 15 is 0 Å². The molecule has 1 fully saturated rings. The van der Waals surface area contributed by atoms with Crippen LogP contribution in [0.4, 0.5) is 0 Å². The van der Waals surface area contributed by atoms with Gasteiger partial charge in [0.15, 0.2) is 0 Å². The molecule has 0 saturated carbocycles. The monoisotopic (exact) mass is 196 g/mol. The lowest BCUT2D eigenvalue weighted by molar-refractivity contribution is -0.122. The van der Waals surface area contributed by atoms with Crippen LogP contribution in [0.2, 0.25) is 0 Å². The maximum absolute atomic E-state index is 11.1. The molecule has 0 bridgehead atoms. The standard InChI is InChI=1S/C9H12N2OS/c12-8-2-1-3-11(5-8)6-9-4-10-7-13-9/h4,7H,1-3,5-6H2. The number of hydrogen-bond acceptors (Lipinski definition) is 4. The van der Waals surface area contributed by atoms with E-state index < -0.39 is 0 Å². The van der Waals surface area contributed by atoms with E-state index in [2.05, 4.69) is 9.88 Å². The van der Waals surface area contributed by atoms with Crippen molar-refractivity contribution < 1.29 is 4.79 Å². The van der Waals surface area contributed by atoms with Gasteiger partial charge in [-0.15, -0.1) is 11.3 Å². The third-order valence-corrected chi connectivity index (χ3v) is 2.96. The molecule has 3 nitrogen and oxygen atoms in total. The van der Waals surface area contributed by atoms with Crippen molar-refractivity contribution in [3.8, 4) is 0 Å². The molecule has 70 valence electrons. The Hall–Kier alpha value is -0.740. The number of Topliss-reactive ketones (excluding diaryl/α,β-unsaturated/α-hetero) is 1. The number of thiazole rings is 1. The molecule has 2 heterocycles. The fourth-order valence-corrected chi connectivity index (χ4v) is 2.22. The van der Waals surface area contributed by atoms with Crippen LogP contribution in [-0.2, 0) is 11.3 Å². The molecule has 0 aromatic carbocycles. The summed E-state index contributed by atoms with van der Waals surface area (Å²) >= 11 is 1.65. The third-order valence-electron chi connectivity index (χ3n) is 2.19. The molecular formula is C9H12N2OS. The number of piperidine rings is 1. The first-order valence-corrected chi connectivity index (χ1v) is 5.34. The van der Waals surface area contributed by atoms with Crippen molar-refractivity contribution in [2.45, 2.75) is 19.4 Å². The molecule has 1 aliphatic rings. The number of aromatic nitrogens is 1. The smallest absolute Gasteiger partial charge is 0.146 e. The molecule has 0 spiro atoms. The summed E-state index contributed by atoms with van der Waals surface area (Å²) in [6, 6.07) is 0. The minimum atomic E-state index is 0.371. The Labute approximate surface area is 81.4 Å². The molecule has 2 rings (SSSR count). The zero-order valence-electron chi connectivity index (χ0n) is 7.40. The fraction of sp³-hybridized carbons (Fsp3) is 0.556. The zero-order chi connectivity index (χ0) is 9.10. The van der Waals surface area contributed by atoms with Gasteiger partial charge in [0.1, 0.15) is 5.78 Å². The number of likely N-dealkylation sites (tertiary alicyclic amines) is 1. The Bertz CT molecular complexity index is 284. The lowest BCUT2D eigenvalue weighted by atomic mass is 10.1. The van der Waals surface area contributed by atoms with Crippen molar-refractivity contribution >= 4 is 17.1 Å². The summed E-state index contributed by atoms with van der Waals surface area (Å²) in [5.41, 5.74) is 1.83. The lowest BCUT2D eigenvalue weighted by Gasteiger charge is -2.24. The molecule has 0 aliphatic carbocycles. The van der Waals surface area contributed by atoms with Crippen molar-refractivity contribution in [1.82, 2.24) is 9.88 Å². The summed E-state index contributed by atoms with van der Waals surface area (Å²) < 4.78 is 0. The van der Waals surface area contributed by atoms with Gasteiger partial charge in [-0.2, -0.15) is 0 Å². The number of hydrogen-bond donors (Lipinski definition) is 0. The van der Waals surface area contributed by atoms with Crippen molar-refractivity contribution in [3.05, 3.63) is 16.6 Å². The van der Waals surface area contributed by atoms with E-state index in [1.807, 2.05) is 11.7 Å². The van der Waals surface area contributed by atoms with Crippen LogP contribution < -0.4 is 0 Å². The number of carbonyl (C=O) groups is 1. The summed E-state index contributed by atoms with van der Waals surface area (Å²) in [5, 5.41) is 0. The SMILES string of the molecule is O=C1CCCN(Cc2cncs2)C1. The summed E-state index contributed by atoms with van der Waals surface area (Å²) in [7, 11) is 0. The molecule has 1 aliphatic heterocycles. The van der Waals surface area contributed by atoms with E-state index in [1.54, 1.807) is 11.3 Å². The summed E-state index contributed by atoms with van der Waals surface area (Å²) in [6.07, 6.45) is 3.65. The van der Waals surface area contributed by atoms with Crippen molar-refractivity contribution in [1.29, 1.82) is 0 Å². The molecule has 4 heteroatoms. The Balaban J connectivity index is 1.91. The molecule has 1 saturated heterocycles. The number of rotatable bonds is 2. The van der Waals surface area contributed by atoms with Crippen LogP contribution in [0.15, 0.2) is 11.7 Å². The van der Waals surface area contributed by atoms with E-state index in [-0.39, 0.29) is 0 Å². The molecule has 0 amide bonds. The molecule has 13 heavy (non-hydrogen) atoms. The van der Waals surface area contributed by atoms with Gasteiger partial charge in [-0.25, -0.2) is 0 Å². The molecule has 1 aromatic heterocycles. The van der Waals surface area contributed by atoms with Crippen molar-refractivity contribution in [2.75, 3.05) is 13.1 Å². The second-order valence-electron chi connectivity index (χ2n) is 3.32. The van der Waals surface area contributed by atoms with E-state index in [0.29, 0.717) is 12.3 Å². The average Bonchev–Trinajstić information content (AvgIpc) is 2.57. The minimum Gasteiger partial charge on any atom is -0.298 e. The van der Waals surface area contributed by atoms with Gasteiger partial charge in [0.25, 0.3) is 0 Å². The minimum absolute atomic E-state index is 0.371. The van der Waals surface area contributed by atoms with Gasteiger partial charge in [-0.1, -0.05) is 0 Å². The molecule has 0 unspecified atom stereocenters. The second-order valence-corrected chi connectivity index (χ2v) is 4.29. The third kappa shape index (κ3) is 2.35. The average molecular weight is 196 g/mol. The Morgan fingerprint density at radius 1 is 1.62 bits per heavy atom. The van der Waals surface area contributed by atoms with Crippen molar-refractivity contribution in [2.24, 2.45) is 0 Å². The van der Waals surface area contributed by atoms with Crippen LogP contribution in [-0.4, -0.2) is 28.8 Å². The lowest BCUT2D eigenvalue weighted by Crippen LogP contribution is -2.34. The van der Waals surface area contributed by atoms with E-state index in [9.17, 15) is 4.79 Å². The Morgan fingerprint density at radius 2 is 2.54 bits per heavy atom. The summed E-state index contributed by atoms with van der Waals surface area (Å²) in [5.74, 6) is 0.371. The van der Waals surface area contributed by atoms with Gasteiger partial charge in [0.2, 0.25) is 0 Å². The maximum atomic E-state index is 11.1. The van der Waals surface area contributed by atoms with Crippen LogP contribution in [0.1, 0.15) is 17.7 Å². The van der Waals surface area contributed by atoms with Gasteiger partial charge < -0.3 is 0 Å². The Kier molecular flexibility index (Phi) is 2.71. The summed E-state index contributed by atoms with van der Waals surface area (Å²) in [4.78, 5) is 18.6. The van der Waals surface area contributed by atoms with E-state index in [1.165, 1.54) is 4.88 Å². The van der Waals surface area contributed by atoms with Gasteiger partial charge >= 0.3 is 0 Å². The predicted molar refractivity (Wildman–Crippen MR) is 51.6 cm³/mol. The molecular weight excluding hydrogens is 184 g/mol. The predicted octanol–water partition coefficient (Wildman–Crippen LogP) is 1.31. The largest absolute Gasteiger partial charge is 0.298 e. The van der Waals surface area contributed by atoms with Gasteiger partial charge in [-0.3, -0.25) is 14.7 Å². The first-order valence-electron chi connectivity index (χ1n) is 4.46. The fourth-order valence-electron chi connectivity index (χ4n) is 1.58. The first kappa shape index (κ1) is 8.84. The van der Waals surface area contributed by atoms with Crippen LogP contribution in [0.5, 0.6) is 0 Å².